The smallest absolute Gasteiger partial charge is 0.327 e. The minimum Gasteiger partial charge on any atom is -0.478 e. The van der Waals surface area contributed by atoms with Gasteiger partial charge in [0.25, 0.3) is 0 Å². The quantitative estimate of drug-likeness (QED) is 0.489. The largest absolute Gasteiger partial charge is 0.478 e. The van der Waals surface area contributed by atoms with Crippen molar-refractivity contribution < 1.29 is 9.90 Å². The van der Waals surface area contributed by atoms with Crippen molar-refractivity contribution in [3.05, 3.63) is 37.0 Å². The number of rotatable bonds is 2. The van der Waals surface area contributed by atoms with Gasteiger partial charge in [0.05, 0.1) is 0 Å². The van der Waals surface area contributed by atoms with Crippen LogP contribution in [-0.4, -0.2) is 11.1 Å². The molecule has 0 aliphatic carbocycles. The zero-order chi connectivity index (χ0) is 9.28. The Morgan fingerprint density at radius 3 is 1.91 bits per heavy atom. The summed E-state index contributed by atoms with van der Waals surface area (Å²) in [5, 5.41) is 7.60. The molecule has 0 aromatic heterocycles. The van der Waals surface area contributed by atoms with Gasteiger partial charge in [-0.25, -0.2) is 4.79 Å². The fourth-order valence-corrected chi connectivity index (χ4v) is 0.285. The van der Waals surface area contributed by atoms with E-state index in [1.807, 2.05) is 26.0 Å². The second-order valence-electron chi connectivity index (χ2n) is 1.89. The average Bonchev–Trinajstić information content (AvgIpc) is 1.89. The van der Waals surface area contributed by atoms with Crippen molar-refractivity contribution >= 4 is 5.97 Å². The van der Waals surface area contributed by atoms with Crippen LogP contribution in [0.1, 0.15) is 13.8 Å². The molecule has 0 saturated carbocycles. The number of allylic oxidation sites excluding steroid dienone is 3. The summed E-state index contributed by atoms with van der Waals surface area (Å²) in [6, 6.07) is 0. The predicted molar refractivity (Wildman–Crippen MR) is 47.5 cm³/mol. The molecule has 2 nitrogen and oxygen atoms in total. The third kappa shape index (κ3) is 28.6. The number of hydrogen-bond acceptors (Lipinski definition) is 1. The Hall–Kier alpha value is -1.31. The highest BCUT2D eigenvalue weighted by atomic mass is 16.4. The summed E-state index contributed by atoms with van der Waals surface area (Å²) in [7, 11) is 0. The Labute approximate surface area is 67.6 Å². The van der Waals surface area contributed by atoms with Crippen LogP contribution in [0.25, 0.3) is 0 Å². The van der Waals surface area contributed by atoms with Gasteiger partial charge in [0.1, 0.15) is 0 Å². The van der Waals surface area contributed by atoms with Gasteiger partial charge in [-0.2, -0.15) is 0 Å². The lowest BCUT2D eigenvalue weighted by molar-refractivity contribution is -0.131. The molecule has 0 saturated heterocycles. The SMILES string of the molecule is C=C(C)C=CC.C=CC(=O)O. The second-order valence-corrected chi connectivity index (χ2v) is 1.89. The average molecular weight is 154 g/mol. The van der Waals surface area contributed by atoms with Gasteiger partial charge >= 0.3 is 5.97 Å². The van der Waals surface area contributed by atoms with E-state index < -0.39 is 5.97 Å². The van der Waals surface area contributed by atoms with E-state index in [-0.39, 0.29) is 0 Å². The highest BCUT2D eigenvalue weighted by Gasteiger charge is 1.73. The van der Waals surface area contributed by atoms with E-state index in [4.69, 9.17) is 5.11 Å². The molecule has 0 fully saturated rings. The van der Waals surface area contributed by atoms with E-state index in [0.29, 0.717) is 0 Å². The van der Waals surface area contributed by atoms with Gasteiger partial charge in [-0.3, -0.25) is 0 Å². The lowest BCUT2D eigenvalue weighted by atomic mass is 10.3. The fourth-order valence-electron chi connectivity index (χ4n) is 0.285. The summed E-state index contributed by atoms with van der Waals surface area (Å²) < 4.78 is 0. The molecule has 0 spiro atoms. The number of aliphatic carboxylic acids is 1. The zero-order valence-corrected chi connectivity index (χ0v) is 7.00. The standard InChI is InChI=1S/C6H10.C3H4O2/c1-4-5-6(2)3;1-2-3(4)5/h4-5H,2H2,1,3H3;2H,1H2,(H,4,5). The van der Waals surface area contributed by atoms with Crippen LogP contribution in [0, 0.1) is 0 Å². The topological polar surface area (TPSA) is 37.3 Å². The third-order valence-electron chi connectivity index (χ3n) is 0.626. The molecule has 0 radical (unpaired) electrons. The van der Waals surface area contributed by atoms with Crippen LogP contribution < -0.4 is 0 Å². The lowest BCUT2D eigenvalue weighted by Gasteiger charge is -1.75. The molecule has 0 bridgehead atoms. The van der Waals surface area contributed by atoms with Crippen molar-refractivity contribution in [1.29, 1.82) is 0 Å². The van der Waals surface area contributed by atoms with Crippen LogP contribution >= 0.6 is 0 Å². The van der Waals surface area contributed by atoms with Crippen molar-refractivity contribution in [2.45, 2.75) is 13.8 Å². The summed E-state index contributed by atoms with van der Waals surface area (Å²) in [6.07, 6.45) is 4.78. The van der Waals surface area contributed by atoms with Crippen molar-refractivity contribution in [2.24, 2.45) is 0 Å². The molecule has 0 atom stereocenters. The summed E-state index contributed by atoms with van der Waals surface area (Å²) in [6.45, 7) is 10.6. The van der Waals surface area contributed by atoms with Gasteiger partial charge in [0, 0.05) is 6.08 Å². The molecule has 62 valence electrons. The van der Waals surface area contributed by atoms with E-state index in [1.54, 1.807) is 0 Å². The molecule has 0 aliphatic heterocycles. The van der Waals surface area contributed by atoms with E-state index in [1.165, 1.54) is 0 Å². The second kappa shape index (κ2) is 8.69. The summed E-state index contributed by atoms with van der Waals surface area (Å²) in [5.74, 6) is -0.981. The summed E-state index contributed by atoms with van der Waals surface area (Å²) >= 11 is 0. The fraction of sp³-hybridized carbons (Fsp3) is 0.222. The lowest BCUT2D eigenvalue weighted by Crippen LogP contribution is -1.82. The van der Waals surface area contributed by atoms with Gasteiger partial charge in [0.2, 0.25) is 0 Å². The zero-order valence-electron chi connectivity index (χ0n) is 7.00. The maximum absolute atomic E-state index is 9.25. The molecule has 0 aromatic rings. The first-order valence-electron chi connectivity index (χ1n) is 3.18. The van der Waals surface area contributed by atoms with E-state index in [0.717, 1.165) is 11.6 Å². The molecule has 0 heterocycles. The van der Waals surface area contributed by atoms with Crippen molar-refractivity contribution in [1.82, 2.24) is 0 Å². The van der Waals surface area contributed by atoms with Gasteiger partial charge in [-0.05, 0) is 13.8 Å². The Morgan fingerprint density at radius 2 is 1.91 bits per heavy atom. The number of carbonyl (C=O) groups is 1. The summed E-state index contributed by atoms with van der Waals surface area (Å²) in [4.78, 5) is 9.25. The normalized spacial score (nSPS) is 8.18. The number of carboxylic acids is 1. The molecule has 1 N–H and O–H groups in total. The van der Waals surface area contributed by atoms with Gasteiger partial charge in [-0.15, -0.1) is 0 Å². The first-order valence-corrected chi connectivity index (χ1v) is 3.18. The van der Waals surface area contributed by atoms with Crippen LogP contribution in [0.15, 0.2) is 37.0 Å². The molecule has 11 heavy (non-hydrogen) atoms. The Morgan fingerprint density at radius 1 is 1.55 bits per heavy atom. The van der Waals surface area contributed by atoms with Crippen LogP contribution in [0.3, 0.4) is 0 Å². The van der Waals surface area contributed by atoms with Crippen molar-refractivity contribution in [3.63, 3.8) is 0 Å². The van der Waals surface area contributed by atoms with Crippen LogP contribution in [0.5, 0.6) is 0 Å². The van der Waals surface area contributed by atoms with Crippen molar-refractivity contribution in [2.75, 3.05) is 0 Å². The van der Waals surface area contributed by atoms with Crippen molar-refractivity contribution in [3.8, 4) is 0 Å². The van der Waals surface area contributed by atoms with Gasteiger partial charge < -0.3 is 5.11 Å². The maximum Gasteiger partial charge on any atom is 0.327 e. The van der Waals surface area contributed by atoms with E-state index in [9.17, 15) is 4.79 Å². The van der Waals surface area contributed by atoms with E-state index in [2.05, 4.69) is 13.2 Å². The van der Waals surface area contributed by atoms with Gasteiger partial charge in [0.15, 0.2) is 0 Å². The summed E-state index contributed by atoms with van der Waals surface area (Å²) in [5.41, 5.74) is 1.11. The Balaban J connectivity index is 0. The molecule has 0 amide bonds. The predicted octanol–water partition coefficient (Wildman–Crippen LogP) is 2.40. The molecule has 0 aliphatic rings. The first kappa shape index (κ1) is 12.4. The molecule has 0 aromatic carbocycles. The minimum absolute atomic E-state index is 0.833. The Kier molecular flexibility index (Phi) is 9.78. The minimum atomic E-state index is -0.981. The highest BCUT2D eigenvalue weighted by Crippen LogP contribution is 1.85. The van der Waals surface area contributed by atoms with Gasteiger partial charge in [-0.1, -0.05) is 30.9 Å². The molecular weight excluding hydrogens is 140 g/mol. The molecule has 0 rings (SSSR count). The molecule has 0 unspecified atom stereocenters. The van der Waals surface area contributed by atoms with Crippen LogP contribution in [-0.2, 0) is 4.79 Å². The van der Waals surface area contributed by atoms with Crippen LogP contribution in [0.4, 0.5) is 0 Å². The Bertz CT molecular complexity index is 166. The first-order chi connectivity index (χ1) is 5.04. The number of carboxylic acid groups (broad SMARTS) is 1. The van der Waals surface area contributed by atoms with E-state index >= 15 is 0 Å². The molecular formula is C9H14O2. The molecule has 2 heteroatoms. The van der Waals surface area contributed by atoms with Crippen LogP contribution in [0.2, 0.25) is 0 Å². The maximum atomic E-state index is 9.25. The highest BCUT2D eigenvalue weighted by molar-refractivity contribution is 5.78. The number of hydrogen-bond donors (Lipinski definition) is 1. The third-order valence-corrected chi connectivity index (χ3v) is 0.626. The monoisotopic (exact) mass is 154 g/mol.